The molecule has 27 heavy (non-hydrogen) atoms. The molecule has 1 fully saturated rings. The molecule has 1 aliphatic heterocycles. The molecule has 138 valence electrons. The summed E-state index contributed by atoms with van der Waals surface area (Å²) < 4.78 is 1.80. The van der Waals surface area contributed by atoms with Crippen molar-refractivity contribution in [3.8, 4) is 16.9 Å². The zero-order chi connectivity index (χ0) is 19.0. The molecule has 0 spiro atoms. The molecule has 0 saturated carbocycles. The van der Waals surface area contributed by atoms with Gasteiger partial charge in [-0.2, -0.15) is 5.10 Å². The van der Waals surface area contributed by atoms with Gasteiger partial charge in [0.1, 0.15) is 5.69 Å². The average molecular weight is 359 g/mol. The van der Waals surface area contributed by atoms with Gasteiger partial charge in [-0.25, -0.2) is 4.68 Å². The summed E-state index contributed by atoms with van der Waals surface area (Å²) >= 11 is 0. The van der Waals surface area contributed by atoms with Crippen LogP contribution in [0.3, 0.4) is 0 Å². The van der Waals surface area contributed by atoms with Gasteiger partial charge < -0.3 is 4.90 Å². The predicted molar refractivity (Wildman–Crippen MR) is 108 cm³/mol. The van der Waals surface area contributed by atoms with E-state index < -0.39 is 0 Å². The van der Waals surface area contributed by atoms with Crippen molar-refractivity contribution in [2.24, 2.45) is 0 Å². The molecule has 1 aromatic heterocycles. The molecule has 0 unspecified atom stereocenters. The summed E-state index contributed by atoms with van der Waals surface area (Å²) in [5.74, 6) is 0.0663. The summed E-state index contributed by atoms with van der Waals surface area (Å²) in [5, 5.41) is 4.82. The lowest BCUT2D eigenvalue weighted by Gasteiger charge is -2.16. The predicted octanol–water partition coefficient (Wildman–Crippen LogP) is 4.70. The number of benzene rings is 2. The van der Waals surface area contributed by atoms with Gasteiger partial charge in [0.2, 0.25) is 0 Å². The third kappa shape index (κ3) is 3.39. The summed E-state index contributed by atoms with van der Waals surface area (Å²) in [6.07, 6.45) is 2.16. The summed E-state index contributed by atoms with van der Waals surface area (Å²) in [5.41, 5.74) is 7.07. The molecule has 4 nitrogen and oxygen atoms in total. The van der Waals surface area contributed by atoms with Gasteiger partial charge in [-0.15, -0.1) is 0 Å². The Morgan fingerprint density at radius 2 is 1.70 bits per heavy atom. The van der Waals surface area contributed by atoms with E-state index in [4.69, 9.17) is 5.10 Å². The Morgan fingerprint density at radius 1 is 0.926 bits per heavy atom. The Hall–Kier alpha value is -2.88. The molecule has 1 amide bonds. The zero-order valence-electron chi connectivity index (χ0n) is 16.2. The highest BCUT2D eigenvalue weighted by atomic mass is 16.2. The second kappa shape index (κ2) is 7.03. The maximum Gasteiger partial charge on any atom is 0.272 e. The molecule has 4 rings (SSSR count). The molecule has 0 N–H and O–H groups in total. The van der Waals surface area contributed by atoms with Crippen molar-refractivity contribution in [2.45, 2.75) is 33.6 Å². The van der Waals surface area contributed by atoms with Gasteiger partial charge in [0.15, 0.2) is 0 Å². The molecule has 0 bridgehead atoms. The first kappa shape index (κ1) is 17.5. The number of likely N-dealkylation sites (tertiary alicyclic amines) is 1. The van der Waals surface area contributed by atoms with Crippen molar-refractivity contribution >= 4 is 5.91 Å². The van der Waals surface area contributed by atoms with Crippen molar-refractivity contribution < 1.29 is 4.79 Å². The fourth-order valence-electron chi connectivity index (χ4n) is 3.61. The van der Waals surface area contributed by atoms with E-state index in [1.807, 2.05) is 23.1 Å². The normalized spacial score (nSPS) is 14.0. The molecule has 3 aromatic rings. The molecule has 4 heteroatoms. The van der Waals surface area contributed by atoms with Crippen LogP contribution in [0, 0.1) is 20.8 Å². The number of rotatable bonds is 3. The maximum absolute atomic E-state index is 13.2. The lowest BCUT2D eigenvalue weighted by atomic mass is 10.0. The fraction of sp³-hybridized carbons (Fsp3) is 0.304. The van der Waals surface area contributed by atoms with Crippen LogP contribution in [0.25, 0.3) is 16.9 Å². The Kier molecular flexibility index (Phi) is 4.56. The molecule has 0 atom stereocenters. The number of hydrogen-bond acceptors (Lipinski definition) is 2. The molecule has 2 heterocycles. The smallest absolute Gasteiger partial charge is 0.272 e. The Bertz CT molecular complexity index is 997. The zero-order valence-corrected chi connectivity index (χ0v) is 16.2. The van der Waals surface area contributed by atoms with Gasteiger partial charge >= 0.3 is 0 Å². The van der Waals surface area contributed by atoms with Crippen LogP contribution in [0.1, 0.15) is 40.0 Å². The molecule has 0 radical (unpaired) electrons. The van der Waals surface area contributed by atoms with Gasteiger partial charge in [0, 0.05) is 18.7 Å². The van der Waals surface area contributed by atoms with Gasteiger partial charge in [-0.3, -0.25) is 4.79 Å². The largest absolute Gasteiger partial charge is 0.337 e. The van der Waals surface area contributed by atoms with Crippen LogP contribution in [0.2, 0.25) is 0 Å². The van der Waals surface area contributed by atoms with E-state index in [0.717, 1.165) is 48.4 Å². The number of aromatic nitrogens is 2. The van der Waals surface area contributed by atoms with Gasteiger partial charge in [-0.05, 0) is 74.6 Å². The fourth-order valence-corrected chi connectivity index (χ4v) is 3.61. The topological polar surface area (TPSA) is 38.1 Å². The van der Waals surface area contributed by atoms with Crippen LogP contribution < -0.4 is 0 Å². The average Bonchev–Trinajstić information content (AvgIpc) is 3.33. The lowest BCUT2D eigenvalue weighted by Crippen LogP contribution is -2.29. The first-order valence-corrected chi connectivity index (χ1v) is 9.57. The number of carbonyl (C=O) groups excluding carboxylic acids is 1. The molecule has 1 aliphatic rings. The van der Waals surface area contributed by atoms with Crippen LogP contribution in [-0.2, 0) is 0 Å². The Morgan fingerprint density at radius 3 is 2.41 bits per heavy atom. The number of nitrogens with zero attached hydrogens (tertiary/aromatic N) is 3. The van der Waals surface area contributed by atoms with E-state index in [9.17, 15) is 4.79 Å². The third-order valence-corrected chi connectivity index (χ3v) is 5.37. The monoisotopic (exact) mass is 359 g/mol. The first-order valence-electron chi connectivity index (χ1n) is 9.57. The SMILES string of the molecule is Cc1cccc(-n2nc(-c3ccc(C)c(C)c3)cc2C(=O)N2CCCC2)c1. The highest BCUT2D eigenvalue weighted by Gasteiger charge is 2.25. The molecule has 2 aromatic carbocycles. The maximum atomic E-state index is 13.2. The minimum atomic E-state index is 0.0663. The quantitative estimate of drug-likeness (QED) is 0.680. The molecule has 1 saturated heterocycles. The highest BCUT2D eigenvalue weighted by Crippen LogP contribution is 2.26. The summed E-state index contributed by atoms with van der Waals surface area (Å²) in [7, 11) is 0. The van der Waals surface area contributed by atoms with Gasteiger partial charge in [0.25, 0.3) is 5.91 Å². The van der Waals surface area contributed by atoms with Gasteiger partial charge in [-0.1, -0.05) is 24.3 Å². The van der Waals surface area contributed by atoms with Crippen molar-refractivity contribution in [1.29, 1.82) is 0 Å². The van der Waals surface area contributed by atoms with Crippen LogP contribution >= 0.6 is 0 Å². The third-order valence-electron chi connectivity index (χ3n) is 5.37. The van der Waals surface area contributed by atoms with E-state index in [1.54, 1.807) is 4.68 Å². The number of hydrogen-bond donors (Lipinski definition) is 0. The van der Waals surface area contributed by atoms with Crippen LogP contribution in [0.5, 0.6) is 0 Å². The molecular weight excluding hydrogens is 334 g/mol. The number of carbonyl (C=O) groups is 1. The molecular formula is C23H25N3O. The van der Waals surface area contributed by atoms with Crippen molar-refractivity contribution in [3.05, 3.63) is 70.9 Å². The van der Waals surface area contributed by atoms with E-state index in [-0.39, 0.29) is 5.91 Å². The summed E-state index contributed by atoms with van der Waals surface area (Å²) in [4.78, 5) is 15.1. The van der Waals surface area contributed by atoms with Crippen LogP contribution in [0.4, 0.5) is 0 Å². The second-order valence-corrected chi connectivity index (χ2v) is 7.46. The minimum absolute atomic E-state index is 0.0663. The second-order valence-electron chi connectivity index (χ2n) is 7.46. The van der Waals surface area contributed by atoms with Gasteiger partial charge in [0.05, 0.1) is 11.4 Å². The Balaban J connectivity index is 1.83. The summed E-state index contributed by atoms with van der Waals surface area (Å²) in [6.45, 7) is 7.92. The Labute approximate surface area is 160 Å². The van der Waals surface area contributed by atoms with Crippen molar-refractivity contribution in [2.75, 3.05) is 13.1 Å². The van der Waals surface area contributed by atoms with Crippen molar-refractivity contribution in [3.63, 3.8) is 0 Å². The first-order chi connectivity index (χ1) is 13.0. The highest BCUT2D eigenvalue weighted by molar-refractivity contribution is 5.94. The number of aryl methyl sites for hydroxylation is 3. The number of amides is 1. The van der Waals surface area contributed by atoms with E-state index in [1.165, 1.54) is 11.1 Å². The van der Waals surface area contributed by atoms with Crippen LogP contribution in [-0.4, -0.2) is 33.7 Å². The van der Waals surface area contributed by atoms with E-state index in [2.05, 4.69) is 51.1 Å². The standard InChI is InChI=1S/C23H25N3O/c1-16-7-6-8-20(13-16)26-22(23(27)25-11-4-5-12-25)15-21(24-26)19-10-9-17(2)18(3)14-19/h6-10,13-15H,4-5,11-12H2,1-3H3. The van der Waals surface area contributed by atoms with Crippen molar-refractivity contribution in [1.82, 2.24) is 14.7 Å². The van der Waals surface area contributed by atoms with Crippen LogP contribution in [0.15, 0.2) is 48.5 Å². The summed E-state index contributed by atoms with van der Waals surface area (Å²) in [6, 6.07) is 16.4. The van der Waals surface area contributed by atoms with E-state index >= 15 is 0 Å². The van der Waals surface area contributed by atoms with E-state index in [0.29, 0.717) is 5.69 Å². The molecule has 0 aliphatic carbocycles. The minimum Gasteiger partial charge on any atom is -0.337 e. The lowest BCUT2D eigenvalue weighted by molar-refractivity contribution is 0.0784.